The van der Waals surface area contributed by atoms with Crippen LogP contribution in [0.2, 0.25) is 0 Å². The minimum absolute atomic E-state index is 0. The van der Waals surface area contributed by atoms with E-state index >= 15 is 0 Å². The second kappa shape index (κ2) is 7.13. The van der Waals surface area contributed by atoms with Gasteiger partial charge in [0.15, 0.2) is 0 Å². The molecule has 1 aromatic carbocycles. The molecule has 0 saturated carbocycles. The van der Waals surface area contributed by atoms with Crippen molar-refractivity contribution < 1.29 is 18.0 Å². The Morgan fingerprint density at radius 1 is 1.29 bits per heavy atom. The topological polar surface area (TPSA) is 46.3 Å². The van der Waals surface area contributed by atoms with Crippen LogP contribution in [0.4, 0.5) is 13.2 Å². The first-order chi connectivity index (χ1) is 9.41. The van der Waals surface area contributed by atoms with E-state index in [2.05, 4.69) is 0 Å². The van der Waals surface area contributed by atoms with Gasteiger partial charge in [-0.25, -0.2) is 0 Å². The molecule has 2 N–H and O–H groups in total. The SMILES string of the molecule is Cl.NCC1CCCN(C(=O)c2ccc(C(F)(F)F)cc2)C1. The summed E-state index contributed by atoms with van der Waals surface area (Å²) >= 11 is 0. The minimum Gasteiger partial charge on any atom is -0.338 e. The maximum Gasteiger partial charge on any atom is 0.416 e. The number of piperidine rings is 1. The molecule has 0 aromatic heterocycles. The molecule has 0 radical (unpaired) electrons. The summed E-state index contributed by atoms with van der Waals surface area (Å²) in [6.07, 6.45) is -2.50. The Labute approximate surface area is 127 Å². The lowest BCUT2D eigenvalue weighted by atomic mass is 9.97. The Hall–Kier alpha value is -1.27. The van der Waals surface area contributed by atoms with Crippen molar-refractivity contribution in [1.29, 1.82) is 0 Å². The number of nitrogens with zero attached hydrogens (tertiary/aromatic N) is 1. The molecule has 2 rings (SSSR count). The lowest BCUT2D eigenvalue weighted by molar-refractivity contribution is -0.137. The quantitative estimate of drug-likeness (QED) is 0.910. The van der Waals surface area contributed by atoms with E-state index in [9.17, 15) is 18.0 Å². The third-order valence-corrected chi connectivity index (χ3v) is 3.60. The van der Waals surface area contributed by atoms with E-state index < -0.39 is 11.7 Å². The zero-order valence-corrected chi connectivity index (χ0v) is 12.2. The minimum atomic E-state index is -4.38. The van der Waals surface area contributed by atoms with Crippen LogP contribution in [0.5, 0.6) is 0 Å². The van der Waals surface area contributed by atoms with Crippen molar-refractivity contribution in [3.63, 3.8) is 0 Å². The van der Waals surface area contributed by atoms with Crippen LogP contribution in [0.3, 0.4) is 0 Å². The van der Waals surface area contributed by atoms with Gasteiger partial charge in [0.2, 0.25) is 0 Å². The van der Waals surface area contributed by atoms with E-state index in [1.165, 1.54) is 12.1 Å². The molecule has 0 spiro atoms. The second-order valence-electron chi connectivity index (χ2n) is 5.07. The molecule has 118 valence electrons. The number of likely N-dealkylation sites (tertiary alicyclic amines) is 1. The predicted molar refractivity (Wildman–Crippen MR) is 76.4 cm³/mol. The van der Waals surface area contributed by atoms with Crippen LogP contribution in [0.25, 0.3) is 0 Å². The largest absolute Gasteiger partial charge is 0.416 e. The highest BCUT2D eigenvalue weighted by Crippen LogP contribution is 2.29. The number of amides is 1. The van der Waals surface area contributed by atoms with E-state index in [0.29, 0.717) is 19.6 Å². The molecule has 1 unspecified atom stereocenters. The van der Waals surface area contributed by atoms with Gasteiger partial charge in [0.1, 0.15) is 0 Å². The van der Waals surface area contributed by atoms with Crippen molar-refractivity contribution in [3.8, 4) is 0 Å². The summed E-state index contributed by atoms with van der Waals surface area (Å²) in [5.41, 5.74) is 5.15. The summed E-state index contributed by atoms with van der Waals surface area (Å²) in [5, 5.41) is 0. The number of carbonyl (C=O) groups excluding carboxylic acids is 1. The van der Waals surface area contributed by atoms with Crippen molar-refractivity contribution >= 4 is 18.3 Å². The fraction of sp³-hybridized carbons (Fsp3) is 0.500. The molecule has 1 aliphatic rings. The summed E-state index contributed by atoms with van der Waals surface area (Å²) < 4.78 is 37.4. The summed E-state index contributed by atoms with van der Waals surface area (Å²) in [6.45, 7) is 1.74. The van der Waals surface area contributed by atoms with Crippen LogP contribution < -0.4 is 5.73 Å². The monoisotopic (exact) mass is 322 g/mol. The van der Waals surface area contributed by atoms with Crippen molar-refractivity contribution in [3.05, 3.63) is 35.4 Å². The fourth-order valence-electron chi connectivity index (χ4n) is 2.43. The Morgan fingerprint density at radius 2 is 1.90 bits per heavy atom. The number of rotatable bonds is 2. The van der Waals surface area contributed by atoms with E-state index in [0.717, 1.165) is 25.0 Å². The molecule has 0 aliphatic carbocycles. The third-order valence-electron chi connectivity index (χ3n) is 3.60. The van der Waals surface area contributed by atoms with Crippen molar-refractivity contribution in [2.24, 2.45) is 11.7 Å². The van der Waals surface area contributed by atoms with Crippen LogP contribution in [0.15, 0.2) is 24.3 Å². The Balaban J connectivity index is 0.00000220. The van der Waals surface area contributed by atoms with Gasteiger partial charge in [-0.05, 0) is 49.6 Å². The highest BCUT2D eigenvalue weighted by Gasteiger charge is 2.30. The van der Waals surface area contributed by atoms with E-state index in [1.54, 1.807) is 4.90 Å². The summed E-state index contributed by atoms with van der Waals surface area (Å²) in [4.78, 5) is 13.9. The van der Waals surface area contributed by atoms with Crippen LogP contribution >= 0.6 is 12.4 Å². The molecule has 1 heterocycles. The van der Waals surface area contributed by atoms with Gasteiger partial charge < -0.3 is 10.6 Å². The molecule has 1 aromatic rings. The van der Waals surface area contributed by atoms with Crippen LogP contribution in [0.1, 0.15) is 28.8 Å². The molecule has 1 aliphatic heterocycles. The van der Waals surface area contributed by atoms with Crippen LogP contribution in [0, 0.1) is 5.92 Å². The van der Waals surface area contributed by atoms with Gasteiger partial charge in [-0.2, -0.15) is 13.2 Å². The molecule has 21 heavy (non-hydrogen) atoms. The zero-order valence-electron chi connectivity index (χ0n) is 11.4. The molecule has 1 saturated heterocycles. The van der Waals surface area contributed by atoms with Gasteiger partial charge in [0.25, 0.3) is 5.91 Å². The molecular formula is C14H18ClF3N2O. The van der Waals surface area contributed by atoms with E-state index in [4.69, 9.17) is 5.73 Å². The average Bonchev–Trinajstić information content (AvgIpc) is 2.46. The summed E-state index contributed by atoms with van der Waals surface area (Å²) in [5.74, 6) is 0.0547. The van der Waals surface area contributed by atoms with Gasteiger partial charge in [-0.3, -0.25) is 4.79 Å². The fourth-order valence-corrected chi connectivity index (χ4v) is 2.43. The number of benzene rings is 1. The smallest absolute Gasteiger partial charge is 0.338 e. The normalized spacial score (nSPS) is 19.0. The molecule has 1 fully saturated rings. The van der Waals surface area contributed by atoms with E-state index in [-0.39, 0.29) is 29.8 Å². The predicted octanol–water partition coefficient (Wildman–Crippen LogP) is 2.94. The zero-order chi connectivity index (χ0) is 14.8. The van der Waals surface area contributed by atoms with Crippen molar-refractivity contribution in [2.75, 3.05) is 19.6 Å². The molecular weight excluding hydrogens is 305 g/mol. The first-order valence-corrected chi connectivity index (χ1v) is 6.58. The van der Waals surface area contributed by atoms with Gasteiger partial charge in [0, 0.05) is 18.7 Å². The number of hydrogen-bond acceptors (Lipinski definition) is 2. The van der Waals surface area contributed by atoms with Gasteiger partial charge in [-0.15, -0.1) is 12.4 Å². The maximum absolute atomic E-state index is 12.5. The van der Waals surface area contributed by atoms with Gasteiger partial charge in [0.05, 0.1) is 5.56 Å². The van der Waals surface area contributed by atoms with E-state index in [1.807, 2.05) is 0 Å². The van der Waals surface area contributed by atoms with Crippen molar-refractivity contribution in [2.45, 2.75) is 19.0 Å². The Morgan fingerprint density at radius 3 is 2.43 bits per heavy atom. The van der Waals surface area contributed by atoms with Crippen LogP contribution in [-0.4, -0.2) is 30.4 Å². The van der Waals surface area contributed by atoms with Crippen LogP contribution in [-0.2, 0) is 6.18 Å². The first kappa shape index (κ1) is 17.8. The number of alkyl halides is 3. The van der Waals surface area contributed by atoms with Gasteiger partial charge in [-0.1, -0.05) is 0 Å². The Kier molecular flexibility index (Phi) is 6.04. The second-order valence-corrected chi connectivity index (χ2v) is 5.07. The lowest BCUT2D eigenvalue weighted by Gasteiger charge is -2.32. The van der Waals surface area contributed by atoms with Crippen molar-refractivity contribution in [1.82, 2.24) is 4.90 Å². The number of nitrogens with two attached hydrogens (primary N) is 1. The standard InChI is InChI=1S/C14H17F3N2O.ClH/c15-14(16,17)12-5-3-11(4-6-12)13(20)19-7-1-2-10(8-18)9-19;/h3-6,10H,1-2,7-9,18H2;1H. The molecule has 3 nitrogen and oxygen atoms in total. The highest BCUT2D eigenvalue weighted by atomic mass is 35.5. The third kappa shape index (κ3) is 4.35. The Bertz CT molecular complexity index is 476. The molecule has 1 atom stereocenters. The molecule has 0 bridgehead atoms. The van der Waals surface area contributed by atoms with Gasteiger partial charge >= 0.3 is 6.18 Å². The maximum atomic E-state index is 12.5. The number of halogens is 4. The number of hydrogen-bond donors (Lipinski definition) is 1. The molecule has 1 amide bonds. The molecule has 7 heteroatoms. The highest BCUT2D eigenvalue weighted by molar-refractivity contribution is 5.94. The number of carbonyl (C=O) groups is 1. The first-order valence-electron chi connectivity index (χ1n) is 6.58. The summed E-state index contributed by atoms with van der Waals surface area (Å²) in [6, 6.07) is 4.35. The average molecular weight is 323 g/mol. The summed E-state index contributed by atoms with van der Waals surface area (Å²) in [7, 11) is 0. The lowest BCUT2D eigenvalue weighted by Crippen LogP contribution is -2.42.